The summed E-state index contributed by atoms with van der Waals surface area (Å²) < 4.78 is 0. The summed E-state index contributed by atoms with van der Waals surface area (Å²) in [5.41, 5.74) is 0.651. The normalized spacial score (nSPS) is 23.8. The van der Waals surface area contributed by atoms with Crippen LogP contribution in [0.3, 0.4) is 0 Å². The molecule has 1 aromatic carbocycles. The van der Waals surface area contributed by atoms with E-state index in [2.05, 4.69) is 10.2 Å². The predicted octanol–water partition coefficient (Wildman–Crippen LogP) is 2.10. The van der Waals surface area contributed by atoms with Crippen LogP contribution in [0.5, 0.6) is 0 Å². The summed E-state index contributed by atoms with van der Waals surface area (Å²) in [5.74, 6) is -1.31. The Kier molecular flexibility index (Phi) is 7.11. The summed E-state index contributed by atoms with van der Waals surface area (Å²) in [7, 11) is 0. The molecule has 3 fully saturated rings. The molecular formula is C23H31ClN4O5. The third-order valence-corrected chi connectivity index (χ3v) is 7.46. The Bertz CT molecular complexity index is 909. The lowest BCUT2D eigenvalue weighted by atomic mass is 9.90. The van der Waals surface area contributed by atoms with E-state index in [1.54, 1.807) is 24.3 Å². The number of carbonyl (C=O) groups is 3. The number of halogens is 1. The molecule has 33 heavy (non-hydrogen) atoms. The van der Waals surface area contributed by atoms with E-state index in [0.717, 1.165) is 25.8 Å². The lowest BCUT2D eigenvalue weighted by Crippen LogP contribution is -2.50. The molecule has 0 unspecified atom stereocenters. The van der Waals surface area contributed by atoms with Crippen LogP contribution in [-0.2, 0) is 9.59 Å². The fourth-order valence-corrected chi connectivity index (χ4v) is 5.07. The highest BCUT2D eigenvalue weighted by Gasteiger charge is 2.51. The summed E-state index contributed by atoms with van der Waals surface area (Å²) in [6.07, 6.45) is 3.08. The van der Waals surface area contributed by atoms with Gasteiger partial charge >= 0.3 is 12.0 Å². The van der Waals surface area contributed by atoms with Crippen molar-refractivity contribution >= 4 is 35.2 Å². The SMILES string of the molecule is O=C(O)[C@H](CCN1CCC2(CC2)[C@H](O)C1)N1CCN(C(=O)Nc2cccc(Cl)c2)CCC1=O. The van der Waals surface area contributed by atoms with Crippen LogP contribution in [0.1, 0.15) is 32.1 Å². The van der Waals surface area contributed by atoms with Crippen LogP contribution >= 0.6 is 11.6 Å². The summed E-state index contributed by atoms with van der Waals surface area (Å²) in [6.45, 7) is 2.52. The zero-order valence-electron chi connectivity index (χ0n) is 18.6. The van der Waals surface area contributed by atoms with Gasteiger partial charge in [-0.15, -0.1) is 0 Å². The highest BCUT2D eigenvalue weighted by Crippen LogP contribution is 2.53. The third-order valence-electron chi connectivity index (χ3n) is 7.23. The molecule has 0 aromatic heterocycles. The van der Waals surface area contributed by atoms with E-state index in [1.165, 1.54) is 9.80 Å². The highest BCUT2D eigenvalue weighted by atomic mass is 35.5. The topological polar surface area (TPSA) is 113 Å². The van der Waals surface area contributed by atoms with Crippen LogP contribution in [-0.4, -0.2) is 94.2 Å². The second kappa shape index (κ2) is 9.87. The summed E-state index contributed by atoms with van der Waals surface area (Å²) in [4.78, 5) is 42.5. The van der Waals surface area contributed by atoms with Crippen molar-refractivity contribution in [3.63, 3.8) is 0 Å². The first-order chi connectivity index (χ1) is 15.8. The molecule has 3 aliphatic rings. The van der Waals surface area contributed by atoms with Crippen molar-refractivity contribution in [2.24, 2.45) is 5.41 Å². The molecule has 3 amide bonds. The monoisotopic (exact) mass is 478 g/mol. The van der Waals surface area contributed by atoms with E-state index in [9.17, 15) is 24.6 Å². The van der Waals surface area contributed by atoms with Gasteiger partial charge in [0.1, 0.15) is 6.04 Å². The number of amides is 3. The number of carboxylic acids is 1. The number of nitrogens with zero attached hydrogens (tertiary/aromatic N) is 3. The molecule has 4 rings (SSSR count). The quantitative estimate of drug-likeness (QED) is 0.577. The standard InChI is InChI=1S/C23H31ClN4O5/c24-16-2-1-3-17(14-16)25-22(33)27-10-5-20(30)28(13-12-27)18(21(31)32)4-9-26-11-8-23(6-7-23)19(29)15-26/h1-3,14,18-19,29H,4-13,15H2,(H,25,33)(H,31,32)/t18-,19+/m0/s1. The number of aliphatic hydroxyl groups excluding tert-OH is 1. The lowest BCUT2D eigenvalue weighted by Gasteiger charge is -2.37. The maximum atomic E-state index is 12.8. The number of β-amino-alcohol motifs (C(OH)–C–C–N with tert-alkyl or cyclic N) is 1. The number of aliphatic hydroxyl groups is 1. The number of anilines is 1. The van der Waals surface area contributed by atoms with Gasteiger partial charge in [-0.05, 0) is 55.8 Å². The molecule has 2 saturated heterocycles. The number of piperidine rings is 1. The first-order valence-electron chi connectivity index (χ1n) is 11.5. The second-order valence-electron chi connectivity index (χ2n) is 9.34. The number of carbonyl (C=O) groups excluding carboxylic acids is 2. The van der Waals surface area contributed by atoms with Gasteiger partial charge in [-0.25, -0.2) is 9.59 Å². The first kappa shape index (κ1) is 23.8. The zero-order chi connectivity index (χ0) is 23.6. The molecule has 1 saturated carbocycles. The maximum absolute atomic E-state index is 12.8. The Labute approximate surface area is 198 Å². The fourth-order valence-electron chi connectivity index (χ4n) is 4.88. The van der Waals surface area contributed by atoms with Gasteiger partial charge in [0.2, 0.25) is 5.91 Å². The summed E-state index contributed by atoms with van der Waals surface area (Å²) in [6, 6.07) is 5.49. The van der Waals surface area contributed by atoms with Gasteiger partial charge in [0.15, 0.2) is 0 Å². The molecule has 1 aliphatic carbocycles. The highest BCUT2D eigenvalue weighted by molar-refractivity contribution is 6.30. The molecule has 180 valence electrons. The number of aliphatic carboxylic acids is 1. The van der Waals surface area contributed by atoms with Crippen molar-refractivity contribution in [2.45, 2.75) is 44.2 Å². The van der Waals surface area contributed by atoms with Crippen LogP contribution in [0.2, 0.25) is 5.02 Å². The van der Waals surface area contributed by atoms with Gasteiger partial charge in [-0.1, -0.05) is 17.7 Å². The molecule has 1 aromatic rings. The van der Waals surface area contributed by atoms with Crippen LogP contribution in [0.15, 0.2) is 24.3 Å². The van der Waals surface area contributed by atoms with Crippen molar-refractivity contribution in [2.75, 3.05) is 44.6 Å². The number of likely N-dealkylation sites (tertiary alicyclic amines) is 1. The third kappa shape index (κ3) is 5.59. The summed E-state index contributed by atoms with van der Waals surface area (Å²) >= 11 is 5.96. The number of benzene rings is 1. The Morgan fingerprint density at radius 3 is 2.64 bits per heavy atom. The van der Waals surface area contributed by atoms with Crippen molar-refractivity contribution < 1.29 is 24.6 Å². The van der Waals surface area contributed by atoms with Crippen molar-refractivity contribution in [1.29, 1.82) is 0 Å². The number of urea groups is 1. The van der Waals surface area contributed by atoms with Gasteiger partial charge in [-0.3, -0.25) is 4.79 Å². The van der Waals surface area contributed by atoms with Gasteiger partial charge in [0.05, 0.1) is 6.10 Å². The number of rotatable bonds is 6. The molecule has 2 atom stereocenters. The number of hydrogen-bond donors (Lipinski definition) is 3. The second-order valence-corrected chi connectivity index (χ2v) is 9.77. The van der Waals surface area contributed by atoms with Crippen molar-refractivity contribution in [3.05, 3.63) is 29.3 Å². The summed E-state index contributed by atoms with van der Waals surface area (Å²) in [5, 5.41) is 23.5. The zero-order valence-corrected chi connectivity index (χ0v) is 19.3. The average Bonchev–Trinajstić information content (AvgIpc) is 3.57. The Balaban J connectivity index is 1.33. The number of nitrogens with one attached hydrogen (secondary N) is 1. The van der Waals surface area contributed by atoms with E-state index in [-0.39, 0.29) is 55.9 Å². The van der Waals surface area contributed by atoms with E-state index < -0.39 is 12.0 Å². The molecule has 0 radical (unpaired) electrons. The number of hydrogen-bond acceptors (Lipinski definition) is 5. The predicted molar refractivity (Wildman–Crippen MR) is 123 cm³/mol. The van der Waals surface area contributed by atoms with Crippen molar-refractivity contribution in [1.82, 2.24) is 14.7 Å². The average molecular weight is 479 g/mol. The van der Waals surface area contributed by atoms with E-state index in [1.807, 2.05) is 0 Å². The minimum absolute atomic E-state index is 0.0672. The Morgan fingerprint density at radius 1 is 1.18 bits per heavy atom. The van der Waals surface area contributed by atoms with Crippen LogP contribution in [0, 0.1) is 5.41 Å². The smallest absolute Gasteiger partial charge is 0.326 e. The van der Waals surface area contributed by atoms with E-state index >= 15 is 0 Å². The molecule has 2 aliphatic heterocycles. The van der Waals surface area contributed by atoms with Crippen LogP contribution in [0.4, 0.5) is 10.5 Å². The van der Waals surface area contributed by atoms with Gasteiger partial charge < -0.3 is 30.2 Å². The molecule has 3 N–H and O–H groups in total. The maximum Gasteiger partial charge on any atom is 0.326 e. The molecule has 10 heteroatoms. The first-order valence-corrected chi connectivity index (χ1v) is 11.9. The molecule has 1 spiro atoms. The van der Waals surface area contributed by atoms with Gasteiger partial charge in [0.25, 0.3) is 0 Å². The Morgan fingerprint density at radius 2 is 1.97 bits per heavy atom. The number of carboxylic acid groups (broad SMARTS) is 1. The minimum atomic E-state index is -1.04. The van der Waals surface area contributed by atoms with E-state index in [0.29, 0.717) is 23.8 Å². The Hall–Kier alpha value is -2.36. The molecular weight excluding hydrogens is 448 g/mol. The van der Waals surface area contributed by atoms with Crippen LogP contribution < -0.4 is 5.32 Å². The largest absolute Gasteiger partial charge is 0.480 e. The molecule has 2 heterocycles. The lowest BCUT2D eigenvalue weighted by molar-refractivity contribution is -0.150. The van der Waals surface area contributed by atoms with E-state index in [4.69, 9.17) is 11.6 Å². The fraction of sp³-hybridized carbons (Fsp3) is 0.609. The van der Waals surface area contributed by atoms with Crippen molar-refractivity contribution in [3.8, 4) is 0 Å². The van der Waals surface area contributed by atoms with Gasteiger partial charge in [0, 0.05) is 49.9 Å². The van der Waals surface area contributed by atoms with Crippen LogP contribution in [0.25, 0.3) is 0 Å². The van der Waals surface area contributed by atoms with Gasteiger partial charge in [-0.2, -0.15) is 0 Å². The molecule has 9 nitrogen and oxygen atoms in total. The molecule has 0 bridgehead atoms. The minimum Gasteiger partial charge on any atom is -0.480 e.